The van der Waals surface area contributed by atoms with E-state index in [1.807, 2.05) is 19.1 Å². The predicted octanol–water partition coefficient (Wildman–Crippen LogP) is 1.82. The molecule has 1 N–H and O–H groups in total. The zero-order valence-electron chi connectivity index (χ0n) is 7.58. The summed E-state index contributed by atoms with van der Waals surface area (Å²) < 4.78 is 4.77. The van der Waals surface area contributed by atoms with Crippen LogP contribution in [-0.2, 0) is 4.74 Å². The fourth-order valence-electron chi connectivity index (χ4n) is 1.35. The molecule has 1 unspecified atom stereocenters. The summed E-state index contributed by atoms with van der Waals surface area (Å²) >= 11 is 5.94. The normalized spacial score (nSPS) is 20.4. The molecule has 74 valence electrons. The molecule has 2 rings (SSSR count). The van der Waals surface area contributed by atoms with E-state index in [1.165, 1.54) is 0 Å². The number of aryl methyl sites for hydroxylation is 1. The Hall–Kier alpha value is -1.29. The van der Waals surface area contributed by atoms with Crippen molar-refractivity contribution < 1.29 is 9.53 Å². The molecule has 1 aromatic rings. The van der Waals surface area contributed by atoms with Crippen molar-refractivity contribution in [1.82, 2.24) is 10.3 Å². The molecule has 5 heteroatoms. The maximum Gasteiger partial charge on any atom is 0.407 e. The van der Waals surface area contributed by atoms with Gasteiger partial charge in [0.15, 0.2) is 0 Å². The predicted molar refractivity (Wildman–Crippen MR) is 51.2 cm³/mol. The number of carbonyl (C=O) groups excluding carboxylic acids is 1. The van der Waals surface area contributed by atoms with E-state index >= 15 is 0 Å². The highest BCUT2D eigenvalue weighted by molar-refractivity contribution is 6.30. The lowest BCUT2D eigenvalue weighted by molar-refractivity contribution is 0.177. The summed E-state index contributed by atoms with van der Waals surface area (Å²) in [5, 5.41) is 3.06. The lowest BCUT2D eigenvalue weighted by atomic mass is 10.1. The van der Waals surface area contributed by atoms with Crippen LogP contribution in [-0.4, -0.2) is 17.7 Å². The van der Waals surface area contributed by atoms with Crippen LogP contribution < -0.4 is 5.32 Å². The second-order valence-electron chi connectivity index (χ2n) is 3.13. The van der Waals surface area contributed by atoms with Crippen LogP contribution in [0.3, 0.4) is 0 Å². The van der Waals surface area contributed by atoms with Gasteiger partial charge < -0.3 is 10.1 Å². The van der Waals surface area contributed by atoms with Gasteiger partial charge in [-0.1, -0.05) is 17.7 Å². The van der Waals surface area contributed by atoms with E-state index in [4.69, 9.17) is 16.3 Å². The number of ether oxygens (including phenoxy) is 1. The molecule has 0 radical (unpaired) electrons. The largest absolute Gasteiger partial charge is 0.447 e. The SMILES string of the molecule is Cc1ccc(C2COC(=O)N2)c(Cl)n1. The first-order chi connectivity index (χ1) is 6.66. The molecule has 1 atom stereocenters. The summed E-state index contributed by atoms with van der Waals surface area (Å²) in [6, 6.07) is 3.53. The highest BCUT2D eigenvalue weighted by atomic mass is 35.5. The molecular formula is C9H9ClN2O2. The Labute approximate surface area is 86.2 Å². The number of alkyl carbamates (subject to hydrolysis) is 1. The summed E-state index contributed by atoms with van der Waals surface area (Å²) in [6.07, 6.45) is -0.411. The molecule has 1 fully saturated rings. The lowest BCUT2D eigenvalue weighted by Crippen LogP contribution is -2.18. The van der Waals surface area contributed by atoms with Gasteiger partial charge in [0.1, 0.15) is 11.8 Å². The average molecular weight is 213 g/mol. The number of amides is 1. The fourth-order valence-corrected chi connectivity index (χ4v) is 1.68. The molecule has 14 heavy (non-hydrogen) atoms. The van der Waals surface area contributed by atoms with Gasteiger partial charge in [-0.15, -0.1) is 0 Å². The summed E-state index contributed by atoms with van der Waals surface area (Å²) in [5.74, 6) is 0. The number of pyridine rings is 1. The van der Waals surface area contributed by atoms with Gasteiger partial charge in [0.05, 0.1) is 6.04 Å². The molecule has 0 spiro atoms. The molecule has 1 aromatic heterocycles. The number of aromatic nitrogens is 1. The maximum absolute atomic E-state index is 10.8. The number of halogens is 1. The minimum absolute atomic E-state index is 0.178. The first-order valence-corrected chi connectivity index (χ1v) is 4.61. The van der Waals surface area contributed by atoms with Crippen molar-refractivity contribution in [3.63, 3.8) is 0 Å². The number of hydrogen-bond donors (Lipinski definition) is 1. The molecule has 2 heterocycles. The van der Waals surface area contributed by atoms with Gasteiger partial charge in [-0.05, 0) is 13.0 Å². The Kier molecular flexibility index (Phi) is 2.29. The number of nitrogens with zero attached hydrogens (tertiary/aromatic N) is 1. The average Bonchev–Trinajstić information content (AvgIpc) is 2.51. The van der Waals surface area contributed by atoms with Gasteiger partial charge in [-0.3, -0.25) is 0 Å². The van der Waals surface area contributed by atoms with Crippen LogP contribution in [0.15, 0.2) is 12.1 Å². The van der Waals surface area contributed by atoms with Crippen molar-refractivity contribution in [2.45, 2.75) is 13.0 Å². The summed E-state index contributed by atoms with van der Waals surface area (Å²) in [7, 11) is 0. The minimum atomic E-state index is -0.411. The molecule has 0 aromatic carbocycles. The molecule has 1 saturated heterocycles. The molecule has 1 amide bonds. The second kappa shape index (κ2) is 3.46. The topological polar surface area (TPSA) is 51.2 Å². The Balaban J connectivity index is 2.28. The zero-order valence-corrected chi connectivity index (χ0v) is 8.34. The van der Waals surface area contributed by atoms with Crippen LogP contribution in [0, 0.1) is 6.92 Å². The van der Waals surface area contributed by atoms with Gasteiger partial charge in [0.25, 0.3) is 0 Å². The highest BCUT2D eigenvalue weighted by Gasteiger charge is 2.25. The Morgan fingerprint density at radius 2 is 2.43 bits per heavy atom. The van der Waals surface area contributed by atoms with Gasteiger partial charge in [-0.2, -0.15) is 0 Å². The molecule has 0 aliphatic carbocycles. The first-order valence-electron chi connectivity index (χ1n) is 4.23. The van der Waals surface area contributed by atoms with Crippen LogP contribution in [0.25, 0.3) is 0 Å². The Morgan fingerprint density at radius 1 is 1.64 bits per heavy atom. The molecule has 0 saturated carbocycles. The van der Waals surface area contributed by atoms with E-state index in [9.17, 15) is 4.79 Å². The summed E-state index contributed by atoms with van der Waals surface area (Å²) in [5.41, 5.74) is 1.65. The van der Waals surface area contributed by atoms with Gasteiger partial charge in [0, 0.05) is 11.3 Å². The smallest absolute Gasteiger partial charge is 0.407 e. The molecule has 4 nitrogen and oxygen atoms in total. The standard InChI is InChI=1S/C9H9ClN2O2/c1-5-2-3-6(8(10)11-5)7-4-14-9(13)12-7/h2-3,7H,4H2,1H3,(H,12,13). The van der Waals surface area contributed by atoms with Crippen LogP contribution >= 0.6 is 11.6 Å². The molecule has 0 bridgehead atoms. The van der Waals surface area contributed by atoms with Crippen LogP contribution in [0.2, 0.25) is 5.15 Å². The number of carbonyl (C=O) groups is 1. The van der Waals surface area contributed by atoms with Crippen LogP contribution in [0.5, 0.6) is 0 Å². The lowest BCUT2D eigenvalue weighted by Gasteiger charge is -2.09. The van der Waals surface area contributed by atoms with Crippen molar-refractivity contribution in [3.05, 3.63) is 28.5 Å². The molecule has 1 aliphatic heterocycles. The Bertz CT molecular complexity index is 381. The van der Waals surface area contributed by atoms with E-state index in [2.05, 4.69) is 10.3 Å². The van der Waals surface area contributed by atoms with E-state index < -0.39 is 6.09 Å². The van der Waals surface area contributed by atoms with Crippen LogP contribution in [0.1, 0.15) is 17.3 Å². The summed E-state index contributed by atoms with van der Waals surface area (Å²) in [4.78, 5) is 14.9. The number of hydrogen-bond acceptors (Lipinski definition) is 3. The monoisotopic (exact) mass is 212 g/mol. The zero-order chi connectivity index (χ0) is 10.1. The van der Waals surface area contributed by atoms with E-state index in [-0.39, 0.29) is 6.04 Å². The van der Waals surface area contributed by atoms with Crippen molar-refractivity contribution in [2.75, 3.05) is 6.61 Å². The molecular weight excluding hydrogens is 204 g/mol. The van der Waals surface area contributed by atoms with E-state index in [0.29, 0.717) is 11.8 Å². The summed E-state index contributed by atoms with van der Waals surface area (Å²) in [6.45, 7) is 2.17. The van der Waals surface area contributed by atoms with E-state index in [0.717, 1.165) is 11.3 Å². The first kappa shape index (κ1) is 9.27. The van der Waals surface area contributed by atoms with Gasteiger partial charge in [-0.25, -0.2) is 9.78 Å². The third-order valence-electron chi connectivity index (χ3n) is 2.07. The van der Waals surface area contributed by atoms with Gasteiger partial charge >= 0.3 is 6.09 Å². The number of nitrogens with one attached hydrogen (secondary N) is 1. The van der Waals surface area contributed by atoms with Crippen molar-refractivity contribution in [3.8, 4) is 0 Å². The van der Waals surface area contributed by atoms with Crippen LogP contribution in [0.4, 0.5) is 4.79 Å². The fraction of sp³-hybridized carbons (Fsp3) is 0.333. The molecule has 1 aliphatic rings. The third-order valence-corrected chi connectivity index (χ3v) is 2.37. The number of rotatable bonds is 1. The highest BCUT2D eigenvalue weighted by Crippen LogP contribution is 2.24. The van der Waals surface area contributed by atoms with Crippen molar-refractivity contribution >= 4 is 17.7 Å². The maximum atomic E-state index is 10.8. The van der Waals surface area contributed by atoms with Crippen molar-refractivity contribution in [2.24, 2.45) is 0 Å². The Morgan fingerprint density at radius 3 is 3.00 bits per heavy atom. The third kappa shape index (κ3) is 1.65. The number of cyclic esters (lactones) is 1. The minimum Gasteiger partial charge on any atom is -0.447 e. The van der Waals surface area contributed by atoms with E-state index in [1.54, 1.807) is 0 Å². The van der Waals surface area contributed by atoms with Crippen molar-refractivity contribution in [1.29, 1.82) is 0 Å². The quantitative estimate of drug-likeness (QED) is 0.723. The van der Waals surface area contributed by atoms with Gasteiger partial charge in [0.2, 0.25) is 0 Å². The second-order valence-corrected chi connectivity index (χ2v) is 3.49.